The number of hydrogen-bond donors (Lipinski definition) is 1. The number of hydrogen-bond acceptors (Lipinski definition) is 7. The largest absolute Gasteiger partial charge is 1.00 e. The van der Waals surface area contributed by atoms with Crippen LogP contribution in [0.4, 0.5) is 0 Å². The maximum atomic E-state index is 10.7. The summed E-state index contributed by atoms with van der Waals surface area (Å²) in [5.74, 6) is 0. The van der Waals surface area contributed by atoms with Crippen LogP contribution in [0.15, 0.2) is 0 Å². The zero-order valence-corrected chi connectivity index (χ0v) is 23.4. The van der Waals surface area contributed by atoms with Gasteiger partial charge in [0.2, 0.25) is 0 Å². The molecule has 0 aromatic rings. The second-order valence-electron chi connectivity index (χ2n) is 4.05. The van der Waals surface area contributed by atoms with Gasteiger partial charge in [0, 0.05) is 11.4 Å². The van der Waals surface area contributed by atoms with E-state index in [9.17, 15) is 28.7 Å². The van der Waals surface area contributed by atoms with Gasteiger partial charge >= 0.3 is 118 Å². The molecule has 0 spiro atoms. The van der Waals surface area contributed by atoms with Gasteiger partial charge in [0.1, 0.15) is 0 Å². The summed E-state index contributed by atoms with van der Waals surface area (Å²) < 4.78 is 21.4. The molecule has 0 aromatic heterocycles. The van der Waals surface area contributed by atoms with Crippen molar-refractivity contribution in [1.82, 2.24) is 0 Å². The van der Waals surface area contributed by atoms with E-state index in [1.165, 1.54) is 0 Å². The number of rotatable bonds is 8. The van der Waals surface area contributed by atoms with E-state index in [1.54, 1.807) is 0 Å². The molecule has 0 bridgehead atoms. The van der Waals surface area contributed by atoms with Crippen molar-refractivity contribution in [3.8, 4) is 0 Å². The standard InChI is InChI=1S/C8H21NO6P2.4Na/c1-2-3-4-5-7(9)6-8(16(10,11)12)17(13,14)15;;;;/h7-8H,2-6,9H2,1H3,(H2,10,11,12)(H2,13,14,15);;;;/q;4*+1/p-4. The molecule has 7 nitrogen and oxygen atoms in total. The van der Waals surface area contributed by atoms with E-state index < -0.39 is 33.1 Å². The first-order valence-electron chi connectivity index (χ1n) is 5.38. The minimum atomic E-state index is -5.46. The summed E-state index contributed by atoms with van der Waals surface area (Å²) in [6, 6.07) is -0.765. The molecule has 1 atom stereocenters. The van der Waals surface area contributed by atoms with Crippen LogP contribution >= 0.6 is 15.2 Å². The molecule has 0 rings (SSSR count). The van der Waals surface area contributed by atoms with Crippen LogP contribution in [0.25, 0.3) is 0 Å². The second-order valence-corrected chi connectivity index (χ2v) is 7.87. The third kappa shape index (κ3) is 18.8. The summed E-state index contributed by atoms with van der Waals surface area (Å²) in [5.41, 5.74) is 5.51. The molecule has 0 aliphatic carbocycles. The van der Waals surface area contributed by atoms with Crippen LogP contribution in [0, 0.1) is 0 Å². The van der Waals surface area contributed by atoms with Gasteiger partial charge in [-0.2, -0.15) is 0 Å². The smallest absolute Gasteiger partial charge is 0.810 e. The molecule has 0 heterocycles. The Kier molecular flexibility index (Phi) is 30.5. The van der Waals surface area contributed by atoms with Crippen molar-refractivity contribution in [3.05, 3.63) is 0 Å². The Balaban J connectivity index is -0.000000213. The molecule has 0 amide bonds. The molecule has 13 heteroatoms. The van der Waals surface area contributed by atoms with Crippen LogP contribution in [-0.2, 0) is 9.13 Å². The van der Waals surface area contributed by atoms with Crippen LogP contribution in [0.1, 0.15) is 39.0 Å². The fourth-order valence-corrected chi connectivity index (χ4v) is 3.92. The molecule has 2 N–H and O–H groups in total. The molecular formula is C8H17NNa4O6P2. The average Bonchev–Trinajstić information content (AvgIpc) is 2.11. The van der Waals surface area contributed by atoms with Gasteiger partial charge in [-0.15, -0.1) is 0 Å². The van der Waals surface area contributed by atoms with E-state index in [0.717, 1.165) is 12.8 Å². The Morgan fingerprint density at radius 2 is 1.29 bits per heavy atom. The van der Waals surface area contributed by atoms with Crippen LogP contribution < -0.4 is 144 Å². The van der Waals surface area contributed by atoms with Crippen LogP contribution in [0.3, 0.4) is 0 Å². The van der Waals surface area contributed by atoms with E-state index in [4.69, 9.17) is 5.73 Å². The molecule has 0 saturated carbocycles. The fraction of sp³-hybridized carbons (Fsp3) is 1.00. The van der Waals surface area contributed by atoms with Crippen LogP contribution in [-0.4, -0.2) is 11.4 Å². The first-order valence-corrected chi connectivity index (χ1v) is 8.60. The Labute approximate surface area is 214 Å². The van der Waals surface area contributed by atoms with Crippen molar-refractivity contribution in [2.45, 2.75) is 50.5 Å². The summed E-state index contributed by atoms with van der Waals surface area (Å²) in [7, 11) is -10.9. The third-order valence-electron chi connectivity index (χ3n) is 2.42. The Morgan fingerprint density at radius 1 is 0.905 bits per heavy atom. The van der Waals surface area contributed by atoms with Gasteiger partial charge in [-0.05, 0) is 12.8 Å². The van der Waals surface area contributed by atoms with Crippen molar-refractivity contribution >= 4 is 15.2 Å². The molecule has 0 aliphatic heterocycles. The van der Waals surface area contributed by atoms with Gasteiger partial charge < -0.3 is 34.4 Å². The van der Waals surface area contributed by atoms with Gasteiger partial charge in [-0.1, -0.05) is 41.4 Å². The Hall–Kier alpha value is 4.26. The van der Waals surface area contributed by atoms with Gasteiger partial charge in [0.25, 0.3) is 0 Å². The molecule has 0 aliphatic rings. The molecular weight excluding hydrogens is 360 g/mol. The van der Waals surface area contributed by atoms with E-state index in [2.05, 4.69) is 0 Å². The molecule has 0 aromatic carbocycles. The summed E-state index contributed by atoms with van der Waals surface area (Å²) in [6.45, 7) is 1.96. The number of nitrogens with two attached hydrogens (primary N) is 1. The minimum absolute atomic E-state index is 0. The molecule has 0 fully saturated rings. The second kappa shape index (κ2) is 17.7. The van der Waals surface area contributed by atoms with Crippen molar-refractivity contribution in [3.63, 3.8) is 0 Å². The quantitative estimate of drug-likeness (QED) is 0.250. The van der Waals surface area contributed by atoms with E-state index >= 15 is 0 Å². The SMILES string of the molecule is CCCCCC(N)CC(P(=O)([O-])[O-])P(=O)([O-])[O-].[Na+].[Na+].[Na+].[Na+]. The van der Waals surface area contributed by atoms with E-state index in [1.807, 2.05) is 6.92 Å². The predicted octanol–water partition coefficient (Wildman–Crippen LogP) is -13.5. The van der Waals surface area contributed by atoms with Crippen LogP contribution in [0.5, 0.6) is 0 Å². The van der Waals surface area contributed by atoms with Gasteiger partial charge in [-0.25, -0.2) is 0 Å². The van der Waals surface area contributed by atoms with Crippen molar-refractivity contribution < 1.29 is 147 Å². The molecule has 0 saturated heterocycles. The maximum Gasteiger partial charge on any atom is 1.00 e. The first-order chi connectivity index (χ1) is 7.59. The van der Waals surface area contributed by atoms with E-state index in [0.29, 0.717) is 12.8 Å². The van der Waals surface area contributed by atoms with Gasteiger partial charge in [0.15, 0.2) is 0 Å². The third-order valence-corrected chi connectivity index (χ3v) is 6.00. The summed E-state index contributed by atoms with van der Waals surface area (Å²) in [6.07, 6.45) is 2.29. The van der Waals surface area contributed by atoms with Gasteiger partial charge in [0.05, 0.1) is 0 Å². The molecule has 21 heavy (non-hydrogen) atoms. The average molecular weight is 377 g/mol. The van der Waals surface area contributed by atoms with Crippen LogP contribution in [0.2, 0.25) is 0 Å². The maximum absolute atomic E-state index is 10.7. The van der Waals surface area contributed by atoms with E-state index in [-0.39, 0.29) is 118 Å². The minimum Gasteiger partial charge on any atom is -0.810 e. The fourth-order valence-electron chi connectivity index (χ4n) is 1.48. The molecule has 0 radical (unpaired) electrons. The summed E-state index contributed by atoms with van der Waals surface area (Å²) >= 11 is 0. The predicted molar refractivity (Wildman–Crippen MR) is 55.7 cm³/mol. The zero-order chi connectivity index (χ0) is 13.7. The molecule has 1 unspecified atom stereocenters. The zero-order valence-electron chi connectivity index (χ0n) is 13.6. The monoisotopic (exact) mass is 377 g/mol. The number of unbranched alkanes of at least 4 members (excludes halogenated alkanes) is 2. The first kappa shape index (κ1) is 36.2. The summed E-state index contributed by atoms with van der Waals surface area (Å²) in [5, 5.41) is -2.42. The molecule has 104 valence electrons. The normalized spacial score (nSPS) is 12.3. The summed E-state index contributed by atoms with van der Waals surface area (Å²) in [4.78, 5) is 42.8. The van der Waals surface area contributed by atoms with Gasteiger partial charge in [-0.3, -0.25) is 0 Å². The van der Waals surface area contributed by atoms with Crippen molar-refractivity contribution in [1.29, 1.82) is 0 Å². The topological polar surface area (TPSA) is 152 Å². The van der Waals surface area contributed by atoms with Crippen molar-refractivity contribution in [2.75, 3.05) is 0 Å². The van der Waals surface area contributed by atoms with Crippen molar-refractivity contribution in [2.24, 2.45) is 5.73 Å². The Morgan fingerprint density at radius 3 is 1.57 bits per heavy atom. The Bertz CT molecular complexity index is 304.